The highest BCUT2D eigenvalue weighted by atomic mass is 19.4. The molecule has 2 nitrogen and oxygen atoms in total. The van der Waals surface area contributed by atoms with Crippen LogP contribution in [0.5, 0.6) is 0 Å². The van der Waals surface area contributed by atoms with E-state index in [0.717, 1.165) is 12.0 Å². The number of alkyl halides is 5. The summed E-state index contributed by atoms with van der Waals surface area (Å²) < 4.78 is 64.8. The highest BCUT2D eigenvalue weighted by Crippen LogP contribution is 2.36. The molecule has 0 amide bonds. The number of halogens is 5. The number of benzene rings is 2. The van der Waals surface area contributed by atoms with Gasteiger partial charge in [-0.2, -0.15) is 22.0 Å². The number of hydrogen-bond acceptors (Lipinski definition) is 2. The van der Waals surface area contributed by atoms with Crippen LogP contribution in [0.1, 0.15) is 25.3 Å². The van der Waals surface area contributed by atoms with E-state index in [9.17, 15) is 22.0 Å². The molecule has 0 aromatic heterocycles. The van der Waals surface area contributed by atoms with E-state index in [1.54, 1.807) is 17.4 Å². The topological polar surface area (TPSA) is 15.3 Å². The van der Waals surface area contributed by atoms with Gasteiger partial charge in [0, 0.05) is 13.1 Å². The predicted molar refractivity (Wildman–Crippen MR) is 93.5 cm³/mol. The molecule has 2 aromatic rings. The first kappa shape index (κ1) is 20.0. The average molecular weight is 372 g/mol. The van der Waals surface area contributed by atoms with Crippen molar-refractivity contribution in [2.24, 2.45) is 0 Å². The molecule has 0 saturated heterocycles. The molecule has 0 aliphatic heterocycles. The van der Waals surface area contributed by atoms with Crippen LogP contribution in [0.3, 0.4) is 0 Å². The van der Waals surface area contributed by atoms with Crippen LogP contribution in [0, 0.1) is 0 Å². The molecule has 0 aliphatic carbocycles. The second kappa shape index (κ2) is 8.38. The van der Waals surface area contributed by atoms with Crippen molar-refractivity contribution in [2.75, 3.05) is 16.8 Å². The Bertz CT molecular complexity index is 686. The van der Waals surface area contributed by atoms with Gasteiger partial charge in [-0.3, -0.25) is 0 Å². The summed E-state index contributed by atoms with van der Waals surface area (Å²) in [6, 6.07) is 11.6. The minimum Gasteiger partial charge on any atom is -0.366 e. The zero-order valence-electron chi connectivity index (χ0n) is 14.4. The standard InChI is InChI=1S/C19H21F5N2/c1-2-12-26(13-15-8-4-3-5-9-15)17-11-7-6-10-16(17)25-19(23,24)14-18(20,21)22/h3-11,25H,2,12-14H2,1H3. The van der Waals surface area contributed by atoms with Gasteiger partial charge < -0.3 is 10.2 Å². The summed E-state index contributed by atoms with van der Waals surface area (Å²) >= 11 is 0. The third kappa shape index (κ3) is 6.20. The maximum Gasteiger partial charge on any atom is 0.396 e. The quantitative estimate of drug-likeness (QED) is 0.448. The van der Waals surface area contributed by atoms with Gasteiger partial charge in [0.2, 0.25) is 0 Å². The Morgan fingerprint density at radius 1 is 0.885 bits per heavy atom. The molecule has 0 bridgehead atoms. The van der Waals surface area contributed by atoms with Gasteiger partial charge in [0.1, 0.15) is 6.42 Å². The minimum absolute atomic E-state index is 0.0221. The van der Waals surface area contributed by atoms with E-state index in [-0.39, 0.29) is 5.69 Å². The van der Waals surface area contributed by atoms with Crippen molar-refractivity contribution in [1.82, 2.24) is 0 Å². The van der Waals surface area contributed by atoms with Crippen LogP contribution in [0.4, 0.5) is 33.3 Å². The van der Waals surface area contributed by atoms with E-state index < -0.39 is 18.6 Å². The molecular weight excluding hydrogens is 351 g/mol. The second-order valence-corrected chi connectivity index (χ2v) is 6.05. The van der Waals surface area contributed by atoms with Crippen molar-refractivity contribution < 1.29 is 22.0 Å². The molecule has 142 valence electrons. The van der Waals surface area contributed by atoms with Crippen LogP contribution in [-0.2, 0) is 6.54 Å². The maximum absolute atomic E-state index is 13.8. The van der Waals surface area contributed by atoms with E-state index in [0.29, 0.717) is 18.8 Å². The average Bonchev–Trinajstić information content (AvgIpc) is 2.53. The monoisotopic (exact) mass is 372 g/mol. The molecule has 7 heteroatoms. The van der Waals surface area contributed by atoms with Crippen molar-refractivity contribution in [3.8, 4) is 0 Å². The molecule has 0 spiro atoms. The van der Waals surface area contributed by atoms with Gasteiger partial charge in [0.25, 0.3) is 0 Å². The lowest BCUT2D eigenvalue weighted by molar-refractivity contribution is -0.179. The Kier molecular flexibility index (Phi) is 6.45. The number of para-hydroxylation sites is 2. The van der Waals surface area contributed by atoms with Crippen LogP contribution in [-0.4, -0.2) is 18.8 Å². The lowest BCUT2D eigenvalue weighted by Gasteiger charge is -2.29. The summed E-state index contributed by atoms with van der Waals surface area (Å²) in [6.07, 6.45) is -6.42. The normalized spacial score (nSPS) is 12.1. The van der Waals surface area contributed by atoms with E-state index >= 15 is 0 Å². The zero-order valence-corrected chi connectivity index (χ0v) is 14.4. The first-order valence-corrected chi connectivity index (χ1v) is 8.31. The Morgan fingerprint density at radius 2 is 1.50 bits per heavy atom. The first-order chi connectivity index (χ1) is 12.2. The molecular formula is C19H21F5N2. The number of rotatable bonds is 8. The highest BCUT2D eigenvalue weighted by molar-refractivity contribution is 5.70. The molecule has 0 unspecified atom stereocenters. The van der Waals surface area contributed by atoms with Gasteiger partial charge in [0.15, 0.2) is 0 Å². The second-order valence-electron chi connectivity index (χ2n) is 6.05. The van der Waals surface area contributed by atoms with Crippen LogP contribution in [0.25, 0.3) is 0 Å². The molecule has 0 saturated carbocycles. The molecule has 1 N–H and O–H groups in total. The number of nitrogens with one attached hydrogen (secondary N) is 1. The van der Waals surface area contributed by atoms with Crippen molar-refractivity contribution in [2.45, 2.75) is 38.5 Å². The maximum atomic E-state index is 13.8. The third-order valence-corrected chi connectivity index (χ3v) is 3.69. The van der Waals surface area contributed by atoms with Crippen LogP contribution in [0.15, 0.2) is 54.6 Å². The Labute approximate surface area is 149 Å². The minimum atomic E-state index is -4.96. The third-order valence-electron chi connectivity index (χ3n) is 3.69. The Hall–Kier alpha value is -2.31. The fourth-order valence-corrected chi connectivity index (χ4v) is 2.71. The number of anilines is 2. The predicted octanol–water partition coefficient (Wildman–Crippen LogP) is 6.06. The van der Waals surface area contributed by atoms with Gasteiger partial charge in [-0.05, 0) is 24.1 Å². The van der Waals surface area contributed by atoms with Crippen molar-refractivity contribution >= 4 is 11.4 Å². The zero-order chi connectivity index (χ0) is 19.2. The van der Waals surface area contributed by atoms with Gasteiger partial charge in [0.05, 0.1) is 11.4 Å². The van der Waals surface area contributed by atoms with Crippen LogP contribution in [0.2, 0.25) is 0 Å². The Balaban J connectivity index is 2.27. The molecule has 26 heavy (non-hydrogen) atoms. The summed E-state index contributed by atoms with van der Waals surface area (Å²) in [5.74, 6) is 0. The van der Waals surface area contributed by atoms with E-state index in [4.69, 9.17) is 0 Å². The Morgan fingerprint density at radius 3 is 2.12 bits per heavy atom. The van der Waals surface area contributed by atoms with Gasteiger partial charge in [-0.25, -0.2) is 0 Å². The van der Waals surface area contributed by atoms with Crippen molar-refractivity contribution in [3.05, 3.63) is 60.2 Å². The van der Waals surface area contributed by atoms with Crippen molar-refractivity contribution in [3.63, 3.8) is 0 Å². The van der Waals surface area contributed by atoms with Gasteiger partial charge in [-0.1, -0.05) is 49.4 Å². The van der Waals surface area contributed by atoms with Crippen LogP contribution >= 0.6 is 0 Å². The summed E-state index contributed by atoms with van der Waals surface area (Å²) in [5, 5.41) is 1.77. The molecule has 2 rings (SSSR count). The summed E-state index contributed by atoms with van der Waals surface area (Å²) in [7, 11) is 0. The summed E-state index contributed by atoms with van der Waals surface area (Å²) in [6.45, 7) is 3.00. The van der Waals surface area contributed by atoms with Crippen molar-refractivity contribution in [1.29, 1.82) is 0 Å². The largest absolute Gasteiger partial charge is 0.396 e. The van der Waals surface area contributed by atoms with Gasteiger partial charge >= 0.3 is 12.2 Å². The van der Waals surface area contributed by atoms with E-state index in [1.807, 2.05) is 42.2 Å². The van der Waals surface area contributed by atoms with E-state index in [1.165, 1.54) is 12.1 Å². The molecule has 2 aromatic carbocycles. The summed E-state index contributed by atoms with van der Waals surface area (Å²) in [4.78, 5) is 1.88. The lowest BCUT2D eigenvalue weighted by atomic mass is 10.1. The molecule has 0 radical (unpaired) electrons. The molecule has 0 fully saturated rings. The lowest BCUT2D eigenvalue weighted by Crippen LogP contribution is -2.34. The van der Waals surface area contributed by atoms with E-state index in [2.05, 4.69) is 0 Å². The SMILES string of the molecule is CCCN(Cc1ccccc1)c1ccccc1NC(F)(F)CC(F)(F)F. The summed E-state index contributed by atoms with van der Waals surface area (Å²) in [5.41, 5.74) is 1.41. The molecule has 0 heterocycles. The number of hydrogen-bond donors (Lipinski definition) is 1. The fraction of sp³-hybridized carbons (Fsp3) is 0.368. The smallest absolute Gasteiger partial charge is 0.366 e. The fourth-order valence-electron chi connectivity index (χ4n) is 2.71. The van der Waals surface area contributed by atoms with Crippen LogP contribution < -0.4 is 10.2 Å². The number of nitrogens with zero attached hydrogens (tertiary/aromatic N) is 1. The van der Waals surface area contributed by atoms with Gasteiger partial charge in [-0.15, -0.1) is 0 Å². The first-order valence-electron chi connectivity index (χ1n) is 8.31. The highest BCUT2D eigenvalue weighted by Gasteiger charge is 2.44. The molecule has 0 atom stereocenters. The molecule has 0 aliphatic rings.